The van der Waals surface area contributed by atoms with Crippen molar-refractivity contribution in [3.63, 3.8) is 0 Å². The molecule has 1 aromatic rings. The van der Waals surface area contributed by atoms with Crippen molar-refractivity contribution in [1.29, 1.82) is 0 Å². The van der Waals surface area contributed by atoms with Crippen LogP contribution in [0.5, 0.6) is 0 Å². The first kappa shape index (κ1) is 23.9. The molecule has 2 fully saturated rings. The number of amides is 1. The maximum Gasteiger partial charge on any atom is 0.221 e. The van der Waals surface area contributed by atoms with Crippen LogP contribution >= 0.6 is 24.0 Å². The summed E-state index contributed by atoms with van der Waals surface area (Å²) in [7, 11) is 1.83. The number of carbonyl (C=O) groups is 1. The molecule has 0 aromatic heterocycles. The number of likely N-dealkylation sites (tertiary alicyclic amines) is 1. The number of nitrogens with two attached hydrogens (primary N) is 1. The first-order chi connectivity index (χ1) is 13.6. The van der Waals surface area contributed by atoms with E-state index in [2.05, 4.69) is 50.9 Å². The molecule has 1 saturated heterocycles. The van der Waals surface area contributed by atoms with Crippen molar-refractivity contribution in [2.45, 2.75) is 43.9 Å². The highest BCUT2D eigenvalue weighted by Crippen LogP contribution is 2.43. The van der Waals surface area contributed by atoms with E-state index in [0.717, 1.165) is 57.9 Å². The molecule has 6 nitrogen and oxygen atoms in total. The molecular weight excluding hydrogens is 477 g/mol. The lowest BCUT2D eigenvalue weighted by Crippen LogP contribution is -2.49. The van der Waals surface area contributed by atoms with E-state index in [1.54, 1.807) is 0 Å². The smallest absolute Gasteiger partial charge is 0.221 e. The lowest BCUT2D eigenvalue weighted by Gasteiger charge is -2.43. The lowest BCUT2D eigenvalue weighted by molar-refractivity contribution is -0.123. The molecule has 4 N–H and O–H groups in total. The van der Waals surface area contributed by atoms with Crippen LogP contribution in [0.4, 0.5) is 0 Å². The minimum atomic E-state index is -0.157. The maximum atomic E-state index is 11.4. The first-order valence-electron chi connectivity index (χ1n) is 10.6. The Morgan fingerprint density at radius 3 is 2.62 bits per heavy atom. The summed E-state index contributed by atoms with van der Waals surface area (Å²) in [6.45, 7) is 4.65. The molecule has 1 amide bonds. The molecule has 1 saturated carbocycles. The summed E-state index contributed by atoms with van der Waals surface area (Å²) in [5, 5.41) is 6.97. The zero-order valence-corrected chi connectivity index (χ0v) is 19.9. The van der Waals surface area contributed by atoms with Gasteiger partial charge < -0.3 is 21.3 Å². The first-order valence-corrected chi connectivity index (χ1v) is 10.6. The number of piperidine rings is 1. The topological polar surface area (TPSA) is 82.8 Å². The highest BCUT2D eigenvalue weighted by Gasteiger charge is 2.38. The Morgan fingerprint density at radius 2 is 2.00 bits per heavy atom. The molecule has 162 valence electrons. The van der Waals surface area contributed by atoms with Gasteiger partial charge in [-0.1, -0.05) is 36.8 Å². The molecule has 1 heterocycles. The predicted octanol–water partition coefficient (Wildman–Crippen LogP) is 2.48. The van der Waals surface area contributed by atoms with Gasteiger partial charge in [0.1, 0.15) is 0 Å². The average Bonchev–Trinajstić information content (AvgIpc) is 2.69. The molecule has 7 heteroatoms. The van der Waals surface area contributed by atoms with Gasteiger partial charge in [0, 0.05) is 32.1 Å². The number of nitrogens with zero attached hydrogens (tertiary/aromatic N) is 2. The van der Waals surface area contributed by atoms with Crippen molar-refractivity contribution in [1.82, 2.24) is 15.5 Å². The van der Waals surface area contributed by atoms with Crippen molar-refractivity contribution in [3.05, 3.63) is 35.9 Å². The normalized spacial score (nSPS) is 21.6. The molecule has 0 radical (unpaired) electrons. The Hall–Kier alpha value is -1.35. The van der Waals surface area contributed by atoms with Crippen LogP contribution in [-0.4, -0.2) is 56.5 Å². The molecular formula is C22H36IN5O. The average molecular weight is 513 g/mol. The predicted molar refractivity (Wildman–Crippen MR) is 130 cm³/mol. The fourth-order valence-corrected chi connectivity index (χ4v) is 4.44. The molecule has 2 aliphatic rings. The van der Waals surface area contributed by atoms with Crippen molar-refractivity contribution < 1.29 is 4.79 Å². The van der Waals surface area contributed by atoms with Crippen LogP contribution in [0.3, 0.4) is 0 Å². The van der Waals surface area contributed by atoms with Gasteiger partial charge in [-0.2, -0.15) is 0 Å². The van der Waals surface area contributed by atoms with Crippen LogP contribution in [-0.2, 0) is 10.2 Å². The second-order valence-electron chi connectivity index (χ2n) is 8.25. The van der Waals surface area contributed by atoms with Gasteiger partial charge >= 0.3 is 0 Å². The summed E-state index contributed by atoms with van der Waals surface area (Å²) in [4.78, 5) is 18.1. The van der Waals surface area contributed by atoms with E-state index in [1.807, 2.05) is 7.05 Å². The van der Waals surface area contributed by atoms with Crippen LogP contribution in [0.2, 0.25) is 0 Å². The van der Waals surface area contributed by atoms with E-state index < -0.39 is 0 Å². The summed E-state index contributed by atoms with van der Waals surface area (Å²) < 4.78 is 0. The lowest BCUT2D eigenvalue weighted by atomic mass is 9.64. The number of rotatable bonds is 8. The zero-order chi connectivity index (χ0) is 19.8. The van der Waals surface area contributed by atoms with Crippen LogP contribution in [0.25, 0.3) is 0 Å². The summed E-state index contributed by atoms with van der Waals surface area (Å²) >= 11 is 0. The Kier molecular flexibility index (Phi) is 9.68. The Balaban J connectivity index is 0.00000300. The second kappa shape index (κ2) is 11.7. The van der Waals surface area contributed by atoms with Crippen LogP contribution in [0.1, 0.15) is 44.1 Å². The third-order valence-corrected chi connectivity index (χ3v) is 6.37. The molecule has 0 bridgehead atoms. The number of aliphatic imine (C=N–C) groups is 1. The molecule has 1 aliphatic carbocycles. The van der Waals surface area contributed by atoms with Gasteiger partial charge in [0.15, 0.2) is 5.96 Å². The molecule has 1 aromatic carbocycles. The number of nitrogens with one attached hydrogen (secondary N) is 2. The Labute approximate surface area is 192 Å². The highest BCUT2D eigenvalue weighted by molar-refractivity contribution is 14.0. The fourth-order valence-electron chi connectivity index (χ4n) is 4.44. The Bertz CT molecular complexity index is 662. The minimum absolute atomic E-state index is 0. The van der Waals surface area contributed by atoms with Crippen LogP contribution in [0.15, 0.2) is 35.3 Å². The summed E-state index contributed by atoms with van der Waals surface area (Å²) in [5.41, 5.74) is 7.14. The van der Waals surface area contributed by atoms with Gasteiger partial charge in [-0.25, -0.2) is 0 Å². The number of guanidine groups is 1. The summed E-state index contributed by atoms with van der Waals surface area (Å²) in [6, 6.07) is 10.8. The van der Waals surface area contributed by atoms with Crippen LogP contribution < -0.4 is 16.4 Å². The van der Waals surface area contributed by atoms with Crippen LogP contribution in [0, 0.1) is 5.92 Å². The third-order valence-electron chi connectivity index (χ3n) is 6.37. The van der Waals surface area contributed by atoms with E-state index in [-0.39, 0.29) is 41.2 Å². The molecule has 1 unspecified atom stereocenters. The Morgan fingerprint density at radius 1 is 1.24 bits per heavy atom. The third kappa shape index (κ3) is 6.57. The number of carbonyl (C=O) groups excluding carboxylic acids is 1. The van der Waals surface area contributed by atoms with E-state index in [9.17, 15) is 4.79 Å². The molecule has 1 aliphatic heterocycles. The SMILES string of the molecule is CN=C(NCCCN1CCCC(C(N)=O)C1)NCC1(c2ccccc2)CCC1.I. The largest absolute Gasteiger partial charge is 0.369 e. The van der Waals surface area contributed by atoms with E-state index in [0.29, 0.717) is 0 Å². The van der Waals surface area contributed by atoms with E-state index in [1.165, 1.54) is 24.8 Å². The van der Waals surface area contributed by atoms with E-state index in [4.69, 9.17) is 5.73 Å². The summed E-state index contributed by atoms with van der Waals surface area (Å²) in [5.74, 6) is 0.736. The summed E-state index contributed by atoms with van der Waals surface area (Å²) in [6.07, 6.45) is 6.78. The van der Waals surface area contributed by atoms with Crippen molar-refractivity contribution in [2.75, 3.05) is 39.8 Å². The van der Waals surface area contributed by atoms with Gasteiger partial charge in [0.25, 0.3) is 0 Å². The molecule has 3 rings (SSSR count). The van der Waals surface area contributed by atoms with Crippen molar-refractivity contribution in [3.8, 4) is 0 Å². The zero-order valence-electron chi connectivity index (χ0n) is 17.5. The van der Waals surface area contributed by atoms with E-state index >= 15 is 0 Å². The quantitative estimate of drug-likeness (QED) is 0.216. The van der Waals surface area contributed by atoms with Crippen molar-refractivity contribution in [2.24, 2.45) is 16.6 Å². The van der Waals surface area contributed by atoms with Gasteiger partial charge in [0.05, 0.1) is 5.92 Å². The van der Waals surface area contributed by atoms with Gasteiger partial charge in [-0.05, 0) is 50.8 Å². The number of benzene rings is 1. The number of primary amides is 1. The fraction of sp³-hybridized carbons (Fsp3) is 0.636. The number of halogens is 1. The second-order valence-corrected chi connectivity index (χ2v) is 8.25. The molecule has 29 heavy (non-hydrogen) atoms. The van der Waals surface area contributed by atoms with Gasteiger partial charge in [-0.15, -0.1) is 24.0 Å². The monoisotopic (exact) mass is 513 g/mol. The number of hydrogen-bond donors (Lipinski definition) is 3. The maximum absolute atomic E-state index is 11.4. The standard InChI is InChI=1S/C22H35N5O.HI/c1-24-21(25-13-7-15-27-14-5-8-18(16-27)20(23)28)26-17-22(11-6-12-22)19-9-3-2-4-10-19;/h2-4,9-10,18H,5-8,11-17H2,1H3,(H2,23,28)(H2,24,25,26);1H. The minimum Gasteiger partial charge on any atom is -0.369 e. The number of hydrogen-bond acceptors (Lipinski definition) is 3. The molecule has 1 atom stereocenters. The van der Waals surface area contributed by atoms with Gasteiger partial charge in [-0.3, -0.25) is 9.79 Å². The van der Waals surface area contributed by atoms with Gasteiger partial charge in [0.2, 0.25) is 5.91 Å². The highest BCUT2D eigenvalue weighted by atomic mass is 127. The van der Waals surface area contributed by atoms with Crippen molar-refractivity contribution >= 4 is 35.8 Å². The molecule has 0 spiro atoms.